The average molecular weight is 325 g/mol. The molecule has 4 rings (SSSR count). The molecule has 6 nitrogen and oxygen atoms in total. The third kappa shape index (κ3) is 2.01. The van der Waals surface area contributed by atoms with Gasteiger partial charge in [-0.25, -0.2) is 4.79 Å². The van der Waals surface area contributed by atoms with Gasteiger partial charge in [-0.1, -0.05) is 42.1 Å². The Morgan fingerprint density at radius 3 is 2.70 bits per heavy atom. The zero-order chi connectivity index (χ0) is 16.0. The van der Waals surface area contributed by atoms with Crippen molar-refractivity contribution >= 4 is 34.4 Å². The van der Waals surface area contributed by atoms with Gasteiger partial charge in [0.2, 0.25) is 4.87 Å². The molecule has 0 fully saturated rings. The Kier molecular flexibility index (Phi) is 2.92. The number of hydrogen-bond acceptors (Lipinski definition) is 5. The second-order valence-corrected chi connectivity index (χ2v) is 6.40. The number of hydrazone groups is 1. The SMILES string of the molecule is O=C(O)c1ccc2c(c1)C1(NN=C(c3ccccc3)S1)C(=O)N2. The van der Waals surface area contributed by atoms with Gasteiger partial charge in [0.1, 0.15) is 5.04 Å². The number of hydrogen-bond donors (Lipinski definition) is 3. The van der Waals surface area contributed by atoms with Gasteiger partial charge in [-0.3, -0.25) is 10.2 Å². The lowest BCUT2D eigenvalue weighted by Crippen LogP contribution is -2.39. The van der Waals surface area contributed by atoms with Crippen LogP contribution < -0.4 is 10.7 Å². The molecule has 23 heavy (non-hydrogen) atoms. The molecule has 0 radical (unpaired) electrons. The van der Waals surface area contributed by atoms with E-state index in [0.717, 1.165) is 5.56 Å². The maximum Gasteiger partial charge on any atom is 0.335 e. The molecule has 1 spiro atoms. The van der Waals surface area contributed by atoms with E-state index >= 15 is 0 Å². The fourth-order valence-electron chi connectivity index (χ4n) is 2.65. The van der Waals surface area contributed by atoms with Gasteiger partial charge in [-0.15, -0.1) is 0 Å². The third-order valence-corrected chi connectivity index (χ3v) is 5.12. The number of rotatable bonds is 2. The van der Waals surface area contributed by atoms with Crippen LogP contribution in [0.3, 0.4) is 0 Å². The standard InChI is InChI=1S/C16H11N3O3S/c20-14(21)10-6-7-12-11(8-10)16(15(22)17-12)19-18-13(23-16)9-4-2-1-3-5-9/h1-8,19H,(H,17,22)(H,20,21). The molecule has 2 aliphatic rings. The van der Waals surface area contributed by atoms with E-state index in [2.05, 4.69) is 15.8 Å². The summed E-state index contributed by atoms with van der Waals surface area (Å²) in [4.78, 5) is 22.6. The summed E-state index contributed by atoms with van der Waals surface area (Å²) < 4.78 is 0. The highest BCUT2D eigenvalue weighted by molar-refractivity contribution is 8.16. The van der Waals surface area contributed by atoms with Crippen molar-refractivity contribution < 1.29 is 14.7 Å². The van der Waals surface area contributed by atoms with E-state index in [4.69, 9.17) is 0 Å². The quantitative estimate of drug-likeness (QED) is 0.787. The van der Waals surface area contributed by atoms with Crippen LogP contribution in [0.2, 0.25) is 0 Å². The number of amides is 1. The van der Waals surface area contributed by atoms with E-state index in [0.29, 0.717) is 16.3 Å². The Morgan fingerprint density at radius 1 is 1.17 bits per heavy atom. The highest BCUT2D eigenvalue weighted by Crippen LogP contribution is 2.48. The second kappa shape index (κ2) is 4.85. The summed E-state index contributed by atoms with van der Waals surface area (Å²) in [6.07, 6.45) is 0. The minimum atomic E-state index is -1.12. The molecule has 0 aliphatic carbocycles. The fourth-order valence-corrected chi connectivity index (χ4v) is 3.80. The van der Waals surface area contributed by atoms with Gasteiger partial charge in [0.15, 0.2) is 0 Å². The lowest BCUT2D eigenvalue weighted by atomic mass is 10.0. The monoisotopic (exact) mass is 325 g/mol. The van der Waals surface area contributed by atoms with Crippen molar-refractivity contribution in [3.8, 4) is 0 Å². The number of nitrogens with one attached hydrogen (secondary N) is 2. The topological polar surface area (TPSA) is 90.8 Å². The maximum absolute atomic E-state index is 12.5. The van der Waals surface area contributed by atoms with E-state index in [1.54, 1.807) is 6.07 Å². The number of carboxylic acids is 1. The number of aromatic carboxylic acids is 1. The zero-order valence-corrected chi connectivity index (χ0v) is 12.6. The van der Waals surface area contributed by atoms with Crippen molar-refractivity contribution in [3.05, 3.63) is 65.2 Å². The first-order valence-corrected chi connectivity index (χ1v) is 7.70. The van der Waals surface area contributed by atoms with Crippen molar-refractivity contribution in [1.82, 2.24) is 5.43 Å². The first-order chi connectivity index (χ1) is 11.1. The van der Waals surface area contributed by atoms with Crippen molar-refractivity contribution in [3.63, 3.8) is 0 Å². The van der Waals surface area contributed by atoms with Gasteiger partial charge in [0.05, 0.1) is 5.56 Å². The van der Waals surface area contributed by atoms with Crippen LogP contribution in [0.1, 0.15) is 21.5 Å². The van der Waals surface area contributed by atoms with Crippen molar-refractivity contribution in [2.75, 3.05) is 5.32 Å². The van der Waals surface area contributed by atoms with Crippen LogP contribution in [-0.4, -0.2) is 22.0 Å². The smallest absolute Gasteiger partial charge is 0.335 e. The molecule has 2 heterocycles. The summed E-state index contributed by atoms with van der Waals surface area (Å²) in [5.74, 6) is -1.29. The Morgan fingerprint density at radius 2 is 1.96 bits per heavy atom. The second-order valence-electron chi connectivity index (χ2n) is 5.20. The van der Waals surface area contributed by atoms with Gasteiger partial charge < -0.3 is 10.4 Å². The summed E-state index contributed by atoms with van der Waals surface area (Å²) in [7, 11) is 0. The molecule has 0 saturated carbocycles. The highest BCUT2D eigenvalue weighted by atomic mass is 32.2. The molecule has 0 aromatic heterocycles. The van der Waals surface area contributed by atoms with E-state index in [1.807, 2.05) is 30.3 Å². The third-order valence-electron chi connectivity index (χ3n) is 3.80. The summed E-state index contributed by atoms with van der Waals surface area (Å²) >= 11 is 1.28. The number of benzene rings is 2. The fraction of sp³-hybridized carbons (Fsp3) is 0.0625. The van der Waals surface area contributed by atoms with Crippen LogP contribution in [-0.2, 0) is 9.67 Å². The van der Waals surface area contributed by atoms with Gasteiger partial charge in [0.25, 0.3) is 5.91 Å². The van der Waals surface area contributed by atoms with E-state index < -0.39 is 10.8 Å². The number of anilines is 1. The molecule has 1 atom stereocenters. The summed E-state index contributed by atoms with van der Waals surface area (Å²) in [6.45, 7) is 0. The number of carbonyl (C=O) groups is 2. The van der Waals surface area contributed by atoms with Crippen molar-refractivity contribution in [2.45, 2.75) is 4.87 Å². The number of carboxylic acid groups (broad SMARTS) is 1. The normalized spacial score (nSPS) is 21.6. The van der Waals surface area contributed by atoms with Crippen LogP contribution in [0, 0.1) is 0 Å². The lowest BCUT2D eigenvalue weighted by molar-refractivity contribution is -0.118. The molecule has 1 unspecified atom stereocenters. The maximum atomic E-state index is 12.5. The minimum Gasteiger partial charge on any atom is -0.478 e. The molecular weight excluding hydrogens is 314 g/mol. The van der Waals surface area contributed by atoms with E-state index in [9.17, 15) is 14.7 Å². The van der Waals surface area contributed by atoms with Crippen LogP contribution in [0.25, 0.3) is 0 Å². The molecule has 2 aliphatic heterocycles. The predicted molar refractivity (Wildman–Crippen MR) is 87.4 cm³/mol. The number of nitrogens with zero attached hydrogens (tertiary/aromatic N) is 1. The molecular formula is C16H11N3O3S. The Labute approximate surface area is 135 Å². The number of thioether (sulfide) groups is 1. The molecule has 7 heteroatoms. The Bertz CT molecular complexity index is 866. The molecule has 0 bridgehead atoms. The van der Waals surface area contributed by atoms with Crippen LogP contribution in [0.4, 0.5) is 5.69 Å². The van der Waals surface area contributed by atoms with Crippen LogP contribution >= 0.6 is 11.8 Å². The van der Waals surface area contributed by atoms with Crippen LogP contribution in [0.5, 0.6) is 0 Å². The molecule has 2 aromatic rings. The molecule has 1 amide bonds. The lowest BCUT2D eigenvalue weighted by Gasteiger charge is -2.20. The number of fused-ring (bicyclic) bond motifs is 2. The molecule has 114 valence electrons. The van der Waals surface area contributed by atoms with Crippen molar-refractivity contribution in [1.29, 1.82) is 0 Å². The van der Waals surface area contributed by atoms with Gasteiger partial charge in [-0.05, 0) is 18.2 Å². The van der Waals surface area contributed by atoms with Gasteiger partial charge in [0, 0.05) is 16.8 Å². The Balaban J connectivity index is 1.76. The van der Waals surface area contributed by atoms with E-state index in [1.165, 1.54) is 23.9 Å². The largest absolute Gasteiger partial charge is 0.478 e. The summed E-state index contributed by atoms with van der Waals surface area (Å²) in [5, 5.41) is 16.9. The van der Waals surface area contributed by atoms with Crippen molar-refractivity contribution in [2.24, 2.45) is 5.10 Å². The highest BCUT2D eigenvalue weighted by Gasteiger charge is 2.52. The summed E-state index contributed by atoms with van der Waals surface area (Å²) in [6, 6.07) is 14.1. The zero-order valence-electron chi connectivity index (χ0n) is 11.7. The van der Waals surface area contributed by atoms with E-state index in [-0.39, 0.29) is 11.5 Å². The van der Waals surface area contributed by atoms with Gasteiger partial charge >= 0.3 is 5.97 Å². The molecule has 0 saturated heterocycles. The van der Waals surface area contributed by atoms with Crippen LogP contribution in [0.15, 0.2) is 53.6 Å². The number of carbonyl (C=O) groups excluding carboxylic acids is 1. The minimum absolute atomic E-state index is 0.134. The first-order valence-electron chi connectivity index (χ1n) is 6.89. The predicted octanol–water partition coefficient (Wildman–Crippen LogP) is 2.19. The Hall–Kier alpha value is -2.80. The average Bonchev–Trinajstić information content (AvgIpc) is 3.12. The summed E-state index contributed by atoms with van der Waals surface area (Å²) in [5.41, 5.74) is 5.12. The molecule has 3 N–H and O–H groups in total. The molecule has 2 aromatic carbocycles. The van der Waals surface area contributed by atoms with Gasteiger partial charge in [-0.2, -0.15) is 5.10 Å². The first kappa shape index (κ1) is 13.8.